The Balaban J connectivity index is 2.50. The Hall–Kier alpha value is -0.550. The minimum absolute atomic E-state index is 0.0198. The van der Waals surface area contributed by atoms with Crippen molar-refractivity contribution < 1.29 is 17.9 Å². The number of alkyl halides is 4. The molecule has 0 saturated carbocycles. The van der Waals surface area contributed by atoms with Crippen molar-refractivity contribution in [2.24, 2.45) is 5.41 Å². The Morgan fingerprint density at radius 3 is 2.11 bits per heavy atom. The highest BCUT2D eigenvalue weighted by Gasteiger charge is 2.29. The monoisotopic (exact) mass is 324 g/mol. The van der Waals surface area contributed by atoms with Gasteiger partial charge >= 0.3 is 6.18 Å². The summed E-state index contributed by atoms with van der Waals surface area (Å²) in [5, 5.41) is 0.813. The summed E-state index contributed by atoms with van der Waals surface area (Å²) in [4.78, 5) is 0. The second kappa shape index (κ2) is 6.06. The summed E-state index contributed by atoms with van der Waals surface area (Å²) in [6.45, 7) is 4.98. The first-order valence-corrected chi connectivity index (χ1v) is 6.67. The van der Waals surface area contributed by atoms with E-state index in [-0.39, 0.29) is 5.41 Å². The number of hydrogen-bond acceptors (Lipinski definition) is 1. The molecule has 0 aromatic heterocycles. The lowest BCUT2D eigenvalue weighted by Crippen LogP contribution is -2.20. The van der Waals surface area contributed by atoms with Crippen LogP contribution in [0, 0.1) is 5.41 Å². The third-order valence-electron chi connectivity index (χ3n) is 2.40. The molecule has 0 spiro atoms. The maximum Gasteiger partial charge on any atom is 0.416 e. The molecular formula is C13H16BrF3O. The van der Waals surface area contributed by atoms with Gasteiger partial charge in [0.05, 0.1) is 18.8 Å². The molecule has 0 fully saturated rings. The molecule has 0 aliphatic heterocycles. The van der Waals surface area contributed by atoms with E-state index in [1.807, 2.05) is 0 Å². The molecule has 0 aliphatic carbocycles. The number of ether oxygens (including phenoxy) is 1. The molecule has 5 heteroatoms. The molecule has 0 N–H and O–H groups in total. The van der Waals surface area contributed by atoms with E-state index in [1.54, 1.807) is 0 Å². The summed E-state index contributed by atoms with van der Waals surface area (Å²) in [7, 11) is 0. The average molecular weight is 325 g/mol. The fourth-order valence-corrected chi connectivity index (χ4v) is 1.44. The van der Waals surface area contributed by atoms with Crippen molar-refractivity contribution in [1.29, 1.82) is 0 Å². The molecular weight excluding hydrogens is 309 g/mol. The third-order valence-corrected chi connectivity index (χ3v) is 3.92. The van der Waals surface area contributed by atoms with Crippen LogP contribution >= 0.6 is 15.9 Å². The maximum absolute atomic E-state index is 12.3. The molecule has 0 bridgehead atoms. The minimum Gasteiger partial charge on any atom is -0.376 e. The number of halogens is 4. The molecule has 1 nitrogen and oxygen atoms in total. The van der Waals surface area contributed by atoms with E-state index in [0.717, 1.165) is 23.0 Å². The van der Waals surface area contributed by atoms with E-state index >= 15 is 0 Å². The first-order chi connectivity index (χ1) is 8.24. The lowest BCUT2D eigenvalue weighted by atomic mass is 9.98. The Bertz CT molecular complexity index is 371. The van der Waals surface area contributed by atoms with Crippen LogP contribution in [0.25, 0.3) is 0 Å². The Kier molecular flexibility index (Phi) is 5.22. The quantitative estimate of drug-likeness (QED) is 0.717. The molecule has 1 aromatic rings. The Labute approximate surface area is 113 Å². The summed E-state index contributed by atoms with van der Waals surface area (Å²) in [5.41, 5.74) is 0.131. The van der Waals surface area contributed by atoms with Crippen molar-refractivity contribution in [2.45, 2.75) is 26.6 Å². The van der Waals surface area contributed by atoms with Crippen LogP contribution in [0.3, 0.4) is 0 Å². The number of benzene rings is 1. The summed E-state index contributed by atoms with van der Waals surface area (Å²) >= 11 is 3.38. The summed E-state index contributed by atoms with van der Waals surface area (Å²) in [6.07, 6.45) is -4.28. The van der Waals surface area contributed by atoms with Gasteiger partial charge in [-0.25, -0.2) is 0 Å². The molecule has 102 valence electrons. The zero-order valence-corrected chi connectivity index (χ0v) is 11.9. The highest BCUT2D eigenvalue weighted by atomic mass is 79.9. The van der Waals surface area contributed by atoms with Gasteiger partial charge in [-0.1, -0.05) is 41.9 Å². The average Bonchev–Trinajstić information content (AvgIpc) is 2.28. The van der Waals surface area contributed by atoms with Crippen molar-refractivity contribution in [3.63, 3.8) is 0 Å². The number of rotatable bonds is 5. The van der Waals surface area contributed by atoms with E-state index < -0.39 is 11.7 Å². The van der Waals surface area contributed by atoms with Gasteiger partial charge in [0.25, 0.3) is 0 Å². The van der Waals surface area contributed by atoms with Crippen LogP contribution in [0.5, 0.6) is 0 Å². The van der Waals surface area contributed by atoms with Crippen LogP contribution in [0.4, 0.5) is 13.2 Å². The number of hydrogen-bond donors (Lipinski definition) is 0. The Morgan fingerprint density at radius 2 is 1.67 bits per heavy atom. The standard InChI is InChI=1S/C13H16BrF3O/c1-12(2,8-14)9-18-7-10-3-5-11(6-4-10)13(15,16)17/h3-6H,7-9H2,1-2H3. The summed E-state index contributed by atoms with van der Waals surface area (Å²) in [5.74, 6) is 0. The first kappa shape index (κ1) is 15.5. The van der Waals surface area contributed by atoms with Crippen molar-refractivity contribution in [3.8, 4) is 0 Å². The maximum atomic E-state index is 12.3. The highest BCUT2D eigenvalue weighted by Crippen LogP contribution is 2.29. The zero-order chi connectivity index (χ0) is 13.8. The molecule has 18 heavy (non-hydrogen) atoms. The molecule has 0 radical (unpaired) electrons. The van der Waals surface area contributed by atoms with Gasteiger partial charge in [0.1, 0.15) is 0 Å². The predicted octanol–water partition coefficient (Wildman–Crippen LogP) is 4.64. The second-order valence-corrected chi connectivity index (χ2v) is 5.55. The first-order valence-electron chi connectivity index (χ1n) is 5.54. The van der Waals surface area contributed by atoms with Crippen LogP contribution < -0.4 is 0 Å². The van der Waals surface area contributed by atoms with Gasteiger partial charge in [-0.05, 0) is 23.1 Å². The van der Waals surface area contributed by atoms with Crippen LogP contribution in [-0.2, 0) is 17.5 Å². The third kappa shape index (κ3) is 4.98. The highest BCUT2D eigenvalue weighted by molar-refractivity contribution is 9.09. The second-order valence-electron chi connectivity index (χ2n) is 4.99. The van der Waals surface area contributed by atoms with Crippen molar-refractivity contribution in [2.75, 3.05) is 11.9 Å². The van der Waals surface area contributed by atoms with Gasteiger partial charge in [-0.2, -0.15) is 13.2 Å². The van der Waals surface area contributed by atoms with Gasteiger partial charge in [0.2, 0.25) is 0 Å². The normalized spacial score (nSPS) is 12.8. The topological polar surface area (TPSA) is 9.23 Å². The minimum atomic E-state index is -4.28. The van der Waals surface area contributed by atoms with E-state index in [0.29, 0.717) is 13.2 Å². The van der Waals surface area contributed by atoms with Gasteiger partial charge in [-0.15, -0.1) is 0 Å². The smallest absolute Gasteiger partial charge is 0.376 e. The molecule has 0 saturated heterocycles. The van der Waals surface area contributed by atoms with Gasteiger partial charge < -0.3 is 4.74 Å². The molecule has 0 heterocycles. The SMILES string of the molecule is CC(C)(CBr)COCc1ccc(C(F)(F)F)cc1. The fraction of sp³-hybridized carbons (Fsp3) is 0.538. The molecule has 0 unspecified atom stereocenters. The molecule has 1 rings (SSSR count). The van der Waals surface area contributed by atoms with Crippen molar-refractivity contribution in [1.82, 2.24) is 0 Å². The van der Waals surface area contributed by atoms with Gasteiger partial charge in [-0.3, -0.25) is 0 Å². The van der Waals surface area contributed by atoms with Crippen LogP contribution in [0.2, 0.25) is 0 Å². The molecule has 0 amide bonds. The Morgan fingerprint density at radius 1 is 1.11 bits per heavy atom. The van der Waals surface area contributed by atoms with E-state index in [2.05, 4.69) is 29.8 Å². The zero-order valence-electron chi connectivity index (χ0n) is 10.4. The van der Waals surface area contributed by atoms with E-state index in [4.69, 9.17) is 4.74 Å². The summed E-state index contributed by atoms with van der Waals surface area (Å²) in [6, 6.07) is 5.05. The predicted molar refractivity (Wildman–Crippen MR) is 68.7 cm³/mol. The van der Waals surface area contributed by atoms with Crippen LogP contribution in [-0.4, -0.2) is 11.9 Å². The summed E-state index contributed by atoms with van der Waals surface area (Å²) < 4.78 is 42.5. The van der Waals surface area contributed by atoms with Gasteiger partial charge in [0, 0.05) is 5.33 Å². The van der Waals surface area contributed by atoms with Crippen LogP contribution in [0.15, 0.2) is 24.3 Å². The van der Waals surface area contributed by atoms with E-state index in [9.17, 15) is 13.2 Å². The molecule has 1 aromatic carbocycles. The molecule has 0 aliphatic rings. The van der Waals surface area contributed by atoms with Gasteiger partial charge in [0.15, 0.2) is 0 Å². The van der Waals surface area contributed by atoms with Crippen molar-refractivity contribution >= 4 is 15.9 Å². The largest absolute Gasteiger partial charge is 0.416 e. The van der Waals surface area contributed by atoms with E-state index in [1.165, 1.54) is 12.1 Å². The van der Waals surface area contributed by atoms with Crippen molar-refractivity contribution in [3.05, 3.63) is 35.4 Å². The van der Waals surface area contributed by atoms with Crippen LogP contribution in [0.1, 0.15) is 25.0 Å². The lowest BCUT2D eigenvalue weighted by Gasteiger charge is -2.21. The lowest BCUT2D eigenvalue weighted by molar-refractivity contribution is -0.137. The molecule has 0 atom stereocenters. The fourth-order valence-electron chi connectivity index (χ4n) is 1.27.